The van der Waals surface area contributed by atoms with Crippen molar-refractivity contribution in [3.63, 3.8) is 0 Å². The van der Waals surface area contributed by atoms with Crippen LogP contribution in [0.2, 0.25) is 0 Å². The van der Waals surface area contributed by atoms with Crippen LogP contribution < -0.4 is 14.9 Å². The molecule has 0 atom stereocenters. The van der Waals surface area contributed by atoms with E-state index < -0.39 is 5.43 Å². The van der Waals surface area contributed by atoms with Crippen LogP contribution in [0.3, 0.4) is 0 Å². The average molecular weight is 328 g/mol. The molecule has 0 bridgehead atoms. The van der Waals surface area contributed by atoms with Gasteiger partial charge in [0.2, 0.25) is 11.2 Å². The molecule has 1 heterocycles. The number of rotatable bonds is 3. The Morgan fingerprint density at radius 2 is 1.71 bits per heavy atom. The first-order valence-corrected chi connectivity index (χ1v) is 7.18. The molecule has 0 aliphatic heterocycles. The molecule has 3 rings (SSSR count). The summed E-state index contributed by atoms with van der Waals surface area (Å²) in [5.41, 5.74) is 0.702. The quantitative estimate of drug-likeness (QED) is 0.767. The number of hydrogen-bond donors (Lipinski definition) is 2. The van der Waals surface area contributed by atoms with Crippen LogP contribution in [-0.4, -0.2) is 24.4 Å². The zero-order valence-electron chi connectivity index (χ0n) is 13.4. The molecule has 0 aliphatic rings. The molecule has 6 heteroatoms. The zero-order valence-corrected chi connectivity index (χ0v) is 13.4. The fourth-order valence-corrected chi connectivity index (χ4v) is 2.59. The summed E-state index contributed by atoms with van der Waals surface area (Å²) in [6.07, 6.45) is 0. The van der Waals surface area contributed by atoms with E-state index in [1.807, 2.05) is 0 Å². The predicted octanol–water partition coefficient (Wildman–Crippen LogP) is 3.20. The Kier molecular flexibility index (Phi) is 3.81. The number of hydrogen-bond acceptors (Lipinski definition) is 6. The molecule has 0 amide bonds. The third-order valence-electron chi connectivity index (χ3n) is 3.88. The van der Waals surface area contributed by atoms with Crippen molar-refractivity contribution in [1.29, 1.82) is 0 Å². The Morgan fingerprint density at radius 1 is 1.04 bits per heavy atom. The van der Waals surface area contributed by atoms with Crippen LogP contribution in [0.1, 0.15) is 5.56 Å². The Hall–Kier alpha value is -3.15. The number of methoxy groups -OCH3 is 2. The SMILES string of the molecule is COc1cc2oc(-c3ccc(O)cc3)c(OC)c(=O)c2c(O)c1C. The molecule has 0 radical (unpaired) electrons. The lowest BCUT2D eigenvalue weighted by molar-refractivity contribution is 0.393. The highest BCUT2D eigenvalue weighted by Gasteiger charge is 2.22. The molecular formula is C18H16O6. The van der Waals surface area contributed by atoms with E-state index in [1.165, 1.54) is 26.4 Å². The van der Waals surface area contributed by atoms with Crippen molar-refractivity contribution < 1.29 is 24.1 Å². The standard InChI is InChI=1S/C18H16O6/c1-9-12(22-2)8-13-14(15(9)20)16(21)18(23-3)17(24-13)10-4-6-11(19)7-5-10/h4-8,19-20H,1-3H3. The van der Waals surface area contributed by atoms with E-state index >= 15 is 0 Å². The summed E-state index contributed by atoms with van der Waals surface area (Å²) in [5, 5.41) is 19.8. The van der Waals surface area contributed by atoms with Gasteiger partial charge in [0.1, 0.15) is 28.2 Å². The molecule has 1 aromatic heterocycles. The molecule has 0 saturated heterocycles. The number of phenolic OH excluding ortho intramolecular Hbond substituents is 2. The zero-order chi connectivity index (χ0) is 17.4. The fourth-order valence-electron chi connectivity index (χ4n) is 2.59. The minimum absolute atomic E-state index is 0.0203. The van der Waals surface area contributed by atoms with Crippen molar-refractivity contribution >= 4 is 11.0 Å². The van der Waals surface area contributed by atoms with E-state index in [0.29, 0.717) is 16.9 Å². The number of benzene rings is 2. The van der Waals surface area contributed by atoms with Crippen LogP contribution >= 0.6 is 0 Å². The van der Waals surface area contributed by atoms with Crippen molar-refractivity contribution in [3.8, 4) is 34.3 Å². The summed E-state index contributed by atoms with van der Waals surface area (Å²) < 4.78 is 16.2. The van der Waals surface area contributed by atoms with Gasteiger partial charge in [-0.3, -0.25) is 4.79 Å². The van der Waals surface area contributed by atoms with Crippen LogP contribution in [0, 0.1) is 6.92 Å². The van der Waals surface area contributed by atoms with Crippen LogP contribution in [-0.2, 0) is 0 Å². The first-order chi connectivity index (χ1) is 11.5. The maximum absolute atomic E-state index is 12.8. The highest BCUT2D eigenvalue weighted by atomic mass is 16.5. The van der Waals surface area contributed by atoms with Crippen LogP contribution in [0.25, 0.3) is 22.3 Å². The molecule has 0 spiro atoms. The minimum Gasteiger partial charge on any atom is -0.508 e. The lowest BCUT2D eigenvalue weighted by Crippen LogP contribution is -2.08. The van der Waals surface area contributed by atoms with E-state index in [-0.39, 0.29) is 34.0 Å². The van der Waals surface area contributed by atoms with E-state index in [4.69, 9.17) is 13.9 Å². The molecule has 124 valence electrons. The van der Waals surface area contributed by atoms with Gasteiger partial charge in [-0.05, 0) is 31.2 Å². The monoisotopic (exact) mass is 328 g/mol. The van der Waals surface area contributed by atoms with Crippen LogP contribution in [0.5, 0.6) is 23.0 Å². The number of ether oxygens (including phenoxy) is 2. The molecular weight excluding hydrogens is 312 g/mol. The Morgan fingerprint density at radius 3 is 2.29 bits per heavy atom. The van der Waals surface area contributed by atoms with Crippen molar-refractivity contribution in [2.75, 3.05) is 14.2 Å². The summed E-state index contributed by atoms with van der Waals surface area (Å²) in [7, 11) is 2.82. The number of aromatic hydroxyl groups is 2. The summed E-state index contributed by atoms with van der Waals surface area (Å²) in [5.74, 6) is 0.489. The first kappa shape index (κ1) is 15.7. The number of phenols is 2. The average Bonchev–Trinajstić information content (AvgIpc) is 2.58. The largest absolute Gasteiger partial charge is 0.508 e. The van der Waals surface area contributed by atoms with Crippen LogP contribution in [0.15, 0.2) is 39.5 Å². The van der Waals surface area contributed by atoms with E-state index in [2.05, 4.69) is 0 Å². The van der Waals surface area contributed by atoms with E-state index in [1.54, 1.807) is 25.1 Å². The Balaban J connectivity index is 2.41. The third-order valence-corrected chi connectivity index (χ3v) is 3.88. The van der Waals surface area contributed by atoms with Crippen molar-refractivity contribution in [2.45, 2.75) is 6.92 Å². The predicted molar refractivity (Wildman–Crippen MR) is 89.1 cm³/mol. The lowest BCUT2D eigenvalue weighted by Gasteiger charge is -2.13. The van der Waals surface area contributed by atoms with Gasteiger partial charge in [-0.1, -0.05) is 0 Å². The molecule has 24 heavy (non-hydrogen) atoms. The molecule has 2 N–H and O–H groups in total. The normalized spacial score (nSPS) is 10.8. The molecule has 3 aromatic rings. The third kappa shape index (κ3) is 2.32. The van der Waals surface area contributed by atoms with Gasteiger partial charge in [0.25, 0.3) is 0 Å². The topological polar surface area (TPSA) is 89.1 Å². The maximum Gasteiger partial charge on any atom is 0.239 e. The van der Waals surface area contributed by atoms with Gasteiger partial charge in [0.15, 0.2) is 5.76 Å². The van der Waals surface area contributed by atoms with E-state index in [0.717, 1.165) is 0 Å². The first-order valence-electron chi connectivity index (χ1n) is 7.18. The molecule has 0 fully saturated rings. The Bertz CT molecular complexity index is 970. The van der Waals surface area contributed by atoms with Gasteiger partial charge in [0, 0.05) is 17.2 Å². The Labute approximate surface area is 137 Å². The van der Waals surface area contributed by atoms with Crippen LogP contribution in [0.4, 0.5) is 0 Å². The van der Waals surface area contributed by atoms with Gasteiger partial charge < -0.3 is 24.1 Å². The van der Waals surface area contributed by atoms with E-state index in [9.17, 15) is 15.0 Å². The summed E-state index contributed by atoms with van der Waals surface area (Å²) in [4.78, 5) is 12.8. The second-order valence-corrected chi connectivity index (χ2v) is 5.27. The van der Waals surface area contributed by atoms with Crippen molar-refractivity contribution in [2.24, 2.45) is 0 Å². The highest BCUT2D eigenvalue weighted by molar-refractivity contribution is 5.89. The van der Waals surface area contributed by atoms with Gasteiger partial charge >= 0.3 is 0 Å². The molecule has 0 saturated carbocycles. The van der Waals surface area contributed by atoms with Crippen molar-refractivity contribution in [1.82, 2.24) is 0 Å². The van der Waals surface area contributed by atoms with Gasteiger partial charge in [-0.25, -0.2) is 0 Å². The minimum atomic E-state index is -0.481. The second kappa shape index (κ2) is 5.81. The molecule has 6 nitrogen and oxygen atoms in total. The smallest absolute Gasteiger partial charge is 0.239 e. The summed E-state index contributed by atoms with van der Waals surface area (Å²) >= 11 is 0. The second-order valence-electron chi connectivity index (χ2n) is 5.27. The lowest BCUT2D eigenvalue weighted by atomic mass is 10.1. The highest BCUT2D eigenvalue weighted by Crippen LogP contribution is 2.38. The number of fused-ring (bicyclic) bond motifs is 1. The summed E-state index contributed by atoms with van der Waals surface area (Å²) in [6, 6.07) is 7.72. The maximum atomic E-state index is 12.8. The van der Waals surface area contributed by atoms with Crippen molar-refractivity contribution in [3.05, 3.63) is 46.1 Å². The molecule has 0 aliphatic carbocycles. The molecule has 0 unspecified atom stereocenters. The molecule has 2 aromatic carbocycles. The van der Waals surface area contributed by atoms with Gasteiger partial charge in [-0.15, -0.1) is 0 Å². The van der Waals surface area contributed by atoms with Gasteiger partial charge in [0.05, 0.1) is 14.2 Å². The fraction of sp³-hybridized carbons (Fsp3) is 0.167. The summed E-state index contributed by atoms with van der Waals surface area (Å²) in [6.45, 7) is 1.65. The van der Waals surface area contributed by atoms with Gasteiger partial charge in [-0.2, -0.15) is 0 Å².